The summed E-state index contributed by atoms with van der Waals surface area (Å²) in [5.74, 6) is -1.62. The first-order chi connectivity index (χ1) is 12.6. The van der Waals surface area contributed by atoms with Crippen molar-refractivity contribution in [2.24, 2.45) is 0 Å². The summed E-state index contributed by atoms with van der Waals surface area (Å²) in [5.41, 5.74) is 0.859. The topological polar surface area (TPSA) is 58.1 Å². The molecule has 0 bridgehead atoms. The van der Waals surface area contributed by atoms with E-state index in [1.807, 2.05) is 42.2 Å². The van der Waals surface area contributed by atoms with Gasteiger partial charge >= 0.3 is 0 Å². The molecule has 1 heterocycles. The standard InChI is InChI=1S/C19H16F2N4O/c1-2-25(14-6-4-3-5-7-14)18-12-22-17(11-23-18)19(26)24-16-9-8-13(20)10-15(16)21/h3-12H,2H2,1H3,(H,24,26). The molecule has 3 aromatic rings. The number of amides is 1. The summed E-state index contributed by atoms with van der Waals surface area (Å²) in [4.78, 5) is 22.5. The van der Waals surface area contributed by atoms with Gasteiger partial charge in [0.05, 0.1) is 18.1 Å². The summed E-state index contributed by atoms with van der Waals surface area (Å²) in [6.07, 6.45) is 2.80. The maximum atomic E-state index is 13.6. The molecule has 1 N–H and O–H groups in total. The predicted octanol–water partition coefficient (Wildman–Crippen LogP) is 4.17. The van der Waals surface area contributed by atoms with Gasteiger partial charge in [0, 0.05) is 18.3 Å². The van der Waals surface area contributed by atoms with E-state index in [4.69, 9.17) is 0 Å². The zero-order valence-electron chi connectivity index (χ0n) is 14.0. The van der Waals surface area contributed by atoms with Crippen LogP contribution in [0.4, 0.5) is 26.0 Å². The molecule has 2 aromatic carbocycles. The third kappa shape index (κ3) is 3.83. The van der Waals surface area contributed by atoms with Gasteiger partial charge in [0.15, 0.2) is 5.82 Å². The smallest absolute Gasteiger partial charge is 0.275 e. The molecule has 7 heteroatoms. The molecule has 26 heavy (non-hydrogen) atoms. The van der Waals surface area contributed by atoms with Crippen molar-refractivity contribution in [3.63, 3.8) is 0 Å². The van der Waals surface area contributed by atoms with Crippen molar-refractivity contribution in [3.8, 4) is 0 Å². The Kier molecular flexibility index (Phi) is 5.17. The van der Waals surface area contributed by atoms with Gasteiger partial charge in [-0.25, -0.2) is 18.7 Å². The highest BCUT2D eigenvalue weighted by Crippen LogP contribution is 2.22. The number of carbonyl (C=O) groups excluding carboxylic acids is 1. The van der Waals surface area contributed by atoms with Gasteiger partial charge in [0.2, 0.25) is 0 Å². The molecule has 0 aliphatic heterocycles. The fraction of sp³-hybridized carbons (Fsp3) is 0.105. The largest absolute Gasteiger partial charge is 0.325 e. The number of benzene rings is 2. The quantitative estimate of drug-likeness (QED) is 0.747. The minimum absolute atomic E-state index is 0.0292. The maximum Gasteiger partial charge on any atom is 0.275 e. The Bertz CT molecular complexity index is 901. The lowest BCUT2D eigenvalue weighted by Gasteiger charge is -2.21. The number of aromatic nitrogens is 2. The normalized spacial score (nSPS) is 10.4. The number of anilines is 3. The second kappa shape index (κ2) is 7.69. The zero-order valence-corrected chi connectivity index (χ0v) is 14.0. The van der Waals surface area contributed by atoms with Crippen molar-refractivity contribution in [1.29, 1.82) is 0 Å². The third-order valence-corrected chi connectivity index (χ3v) is 3.71. The first kappa shape index (κ1) is 17.5. The minimum atomic E-state index is -0.857. The molecule has 0 aliphatic rings. The summed E-state index contributed by atoms with van der Waals surface area (Å²) in [7, 11) is 0. The van der Waals surface area contributed by atoms with E-state index < -0.39 is 17.5 Å². The molecule has 132 valence electrons. The maximum absolute atomic E-state index is 13.6. The highest BCUT2D eigenvalue weighted by atomic mass is 19.1. The Morgan fingerprint density at radius 3 is 2.46 bits per heavy atom. The number of hydrogen-bond acceptors (Lipinski definition) is 4. The summed E-state index contributed by atoms with van der Waals surface area (Å²) >= 11 is 0. The van der Waals surface area contributed by atoms with Gasteiger partial charge in [-0.15, -0.1) is 0 Å². The Labute approximate surface area is 149 Å². The van der Waals surface area contributed by atoms with Crippen LogP contribution in [0.15, 0.2) is 60.9 Å². The van der Waals surface area contributed by atoms with Crippen LogP contribution in [-0.4, -0.2) is 22.4 Å². The van der Waals surface area contributed by atoms with Crippen molar-refractivity contribution < 1.29 is 13.6 Å². The number of para-hydroxylation sites is 1. The molecule has 0 saturated carbocycles. The van der Waals surface area contributed by atoms with Crippen LogP contribution in [0.3, 0.4) is 0 Å². The molecule has 0 fully saturated rings. The summed E-state index contributed by atoms with van der Waals surface area (Å²) < 4.78 is 26.6. The van der Waals surface area contributed by atoms with E-state index in [0.29, 0.717) is 18.4 Å². The van der Waals surface area contributed by atoms with Crippen LogP contribution in [0.5, 0.6) is 0 Å². The number of nitrogens with zero attached hydrogens (tertiary/aromatic N) is 3. The molecular weight excluding hydrogens is 338 g/mol. The summed E-state index contributed by atoms with van der Waals surface area (Å²) in [5, 5.41) is 2.35. The van der Waals surface area contributed by atoms with Crippen LogP contribution in [0.1, 0.15) is 17.4 Å². The van der Waals surface area contributed by atoms with Crippen LogP contribution < -0.4 is 10.2 Å². The molecule has 0 unspecified atom stereocenters. The first-order valence-corrected chi connectivity index (χ1v) is 7.99. The average Bonchev–Trinajstić information content (AvgIpc) is 2.66. The lowest BCUT2D eigenvalue weighted by atomic mass is 10.2. The fourth-order valence-corrected chi connectivity index (χ4v) is 2.44. The second-order valence-corrected chi connectivity index (χ2v) is 5.42. The van der Waals surface area contributed by atoms with Crippen LogP contribution in [-0.2, 0) is 0 Å². The molecule has 5 nitrogen and oxygen atoms in total. The molecule has 0 saturated heterocycles. The third-order valence-electron chi connectivity index (χ3n) is 3.71. The zero-order chi connectivity index (χ0) is 18.5. The molecule has 1 aromatic heterocycles. The lowest BCUT2D eigenvalue weighted by Crippen LogP contribution is -2.19. The molecule has 3 rings (SSSR count). The minimum Gasteiger partial charge on any atom is -0.325 e. The van der Waals surface area contributed by atoms with E-state index in [2.05, 4.69) is 15.3 Å². The lowest BCUT2D eigenvalue weighted by molar-refractivity contribution is 0.102. The fourth-order valence-electron chi connectivity index (χ4n) is 2.44. The van der Waals surface area contributed by atoms with Crippen molar-refractivity contribution >= 4 is 23.1 Å². The van der Waals surface area contributed by atoms with Gasteiger partial charge in [-0.05, 0) is 31.2 Å². The van der Waals surface area contributed by atoms with Crippen molar-refractivity contribution in [1.82, 2.24) is 9.97 Å². The number of rotatable bonds is 5. The predicted molar refractivity (Wildman–Crippen MR) is 95.5 cm³/mol. The van der Waals surface area contributed by atoms with Gasteiger partial charge in [-0.1, -0.05) is 18.2 Å². The summed E-state index contributed by atoms with van der Waals surface area (Å²) in [6.45, 7) is 2.65. The van der Waals surface area contributed by atoms with E-state index in [-0.39, 0.29) is 11.4 Å². The molecule has 0 atom stereocenters. The highest BCUT2D eigenvalue weighted by molar-refractivity contribution is 6.02. The second-order valence-electron chi connectivity index (χ2n) is 5.42. The van der Waals surface area contributed by atoms with Crippen molar-refractivity contribution in [3.05, 3.63) is 78.3 Å². The Morgan fingerprint density at radius 1 is 1.08 bits per heavy atom. The highest BCUT2D eigenvalue weighted by Gasteiger charge is 2.14. The van der Waals surface area contributed by atoms with Crippen LogP contribution >= 0.6 is 0 Å². The van der Waals surface area contributed by atoms with E-state index >= 15 is 0 Å². The molecular formula is C19H16F2N4O. The van der Waals surface area contributed by atoms with E-state index in [1.165, 1.54) is 12.4 Å². The average molecular weight is 354 g/mol. The molecule has 0 radical (unpaired) electrons. The number of halogens is 2. The van der Waals surface area contributed by atoms with Crippen LogP contribution in [0.25, 0.3) is 0 Å². The SMILES string of the molecule is CCN(c1ccccc1)c1cnc(C(=O)Nc2ccc(F)cc2F)cn1. The van der Waals surface area contributed by atoms with Gasteiger partial charge in [0.25, 0.3) is 5.91 Å². The number of carbonyl (C=O) groups is 1. The van der Waals surface area contributed by atoms with E-state index in [9.17, 15) is 13.6 Å². The van der Waals surface area contributed by atoms with Gasteiger partial charge in [-0.2, -0.15) is 0 Å². The summed E-state index contributed by atoms with van der Waals surface area (Å²) in [6, 6.07) is 12.6. The van der Waals surface area contributed by atoms with E-state index in [1.54, 1.807) is 0 Å². The Morgan fingerprint density at radius 2 is 1.85 bits per heavy atom. The number of hydrogen-bond donors (Lipinski definition) is 1. The van der Waals surface area contributed by atoms with E-state index in [0.717, 1.165) is 17.8 Å². The molecule has 1 amide bonds. The van der Waals surface area contributed by atoms with Crippen molar-refractivity contribution in [2.45, 2.75) is 6.92 Å². The van der Waals surface area contributed by atoms with Gasteiger partial charge < -0.3 is 10.2 Å². The van der Waals surface area contributed by atoms with Crippen molar-refractivity contribution in [2.75, 3.05) is 16.8 Å². The number of nitrogens with one attached hydrogen (secondary N) is 1. The monoisotopic (exact) mass is 354 g/mol. The molecule has 0 spiro atoms. The van der Waals surface area contributed by atoms with Crippen LogP contribution in [0.2, 0.25) is 0 Å². The first-order valence-electron chi connectivity index (χ1n) is 7.99. The molecule has 0 aliphatic carbocycles. The Hall–Kier alpha value is -3.35. The van der Waals surface area contributed by atoms with Gasteiger partial charge in [-0.3, -0.25) is 4.79 Å². The van der Waals surface area contributed by atoms with Gasteiger partial charge in [0.1, 0.15) is 17.3 Å². The van der Waals surface area contributed by atoms with Crippen LogP contribution in [0, 0.1) is 11.6 Å². The Balaban J connectivity index is 1.77.